The highest BCUT2D eigenvalue weighted by atomic mass is 16.7. The van der Waals surface area contributed by atoms with Crippen molar-refractivity contribution in [1.29, 1.82) is 0 Å². The van der Waals surface area contributed by atoms with Crippen LogP contribution in [0.3, 0.4) is 0 Å². The third-order valence-corrected chi connectivity index (χ3v) is 3.98. The standard InChI is InChI=1S/C15H17NO5/c17-13-4-2-1-3-11(13)12(8-16(18)19)10-5-6-14-15(7-10)21-9-20-14/h3,5-7,12-13,17H,1-2,4,8-9H2/t12-,13-/m0/s1. The molecule has 0 amide bonds. The fourth-order valence-corrected chi connectivity index (χ4v) is 2.94. The molecule has 0 fully saturated rings. The first-order valence-corrected chi connectivity index (χ1v) is 7.04. The Balaban J connectivity index is 1.95. The van der Waals surface area contributed by atoms with Gasteiger partial charge in [0.1, 0.15) is 0 Å². The van der Waals surface area contributed by atoms with E-state index in [-0.39, 0.29) is 18.3 Å². The minimum atomic E-state index is -0.603. The highest BCUT2D eigenvalue weighted by molar-refractivity contribution is 5.47. The number of allylic oxidation sites excluding steroid dienone is 1. The van der Waals surface area contributed by atoms with Crippen LogP contribution in [-0.4, -0.2) is 29.5 Å². The van der Waals surface area contributed by atoms with Gasteiger partial charge in [-0.1, -0.05) is 12.1 Å². The zero-order chi connectivity index (χ0) is 14.8. The molecule has 21 heavy (non-hydrogen) atoms. The summed E-state index contributed by atoms with van der Waals surface area (Å²) in [6, 6.07) is 5.35. The van der Waals surface area contributed by atoms with Gasteiger partial charge in [0, 0.05) is 4.92 Å². The van der Waals surface area contributed by atoms with E-state index in [9.17, 15) is 15.2 Å². The summed E-state index contributed by atoms with van der Waals surface area (Å²) in [5.41, 5.74) is 1.53. The molecule has 6 heteroatoms. The molecule has 2 atom stereocenters. The largest absolute Gasteiger partial charge is 0.454 e. The number of benzene rings is 1. The van der Waals surface area contributed by atoms with E-state index in [1.54, 1.807) is 12.1 Å². The Morgan fingerprint density at radius 3 is 2.95 bits per heavy atom. The number of hydrogen-bond donors (Lipinski definition) is 1. The molecule has 2 aliphatic rings. The van der Waals surface area contributed by atoms with Gasteiger partial charge in [-0.05, 0) is 42.5 Å². The van der Waals surface area contributed by atoms with Gasteiger partial charge in [-0.25, -0.2) is 0 Å². The minimum Gasteiger partial charge on any atom is -0.454 e. The number of hydrogen-bond acceptors (Lipinski definition) is 5. The monoisotopic (exact) mass is 291 g/mol. The van der Waals surface area contributed by atoms with Crippen molar-refractivity contribution in [1.82, 2.24) is 0 Å². The van der Waals surface area contributed by atoms with E-state index >= 15 is 0 Å². The van der Waals surface area contributed by atoms with Crippen molar-refractivity contribution in [3.8, 4) is 11.5 Å². The van der Waals surface area contributed by atoms with E-state index in [1.807, 2.05) is 12.1 Å². The molecule has 0 saturated carbocycles. The van der Waals surface area contributed by atoms with Crippen molar-refractivity contribution in [2.75, 3.05) is 13.3 Å². The van der Waals surface area contributed by atoms with Gasteiger partial charge in [-0.3, -0.25) is 10.1 Å². The fourth-order valence-electron chi connectivity index (χ4n) is 2.94. The lowest BCUT2D eigenvalue weighted by Gasteiger charge is -2.25. The molecule has 3 rings (SSSR count). The molecular weight excluding hydrogens is 274 g/mol. The van der Waals surface area contributed by atoms with Crippen molar-refractivity contribution in [3.63, 3.8) is 0 Å². The summed E-state index contributed by atoms with van der Waals surface area (Å²) in [6.07, 6.45) is 3.76. The number of ether oxygens (including phenoxy) is 2. The van der Waals surface area contributed by atoms with Crippen LogP contribution in [0.4, 0.5) is 0 Å². The van der Waals surface area contributed by atoms with Crippen LogP contribution in [0.15, 0.2) is 29.8 Å². The zero-order valence-electron chi connectivity index (χ0n) is 11.5. The molecule has 1 aliphatic carbocycles. The van der Waals surface area contributed by atoms with Crippen LogP contribution in [0, 0.1) is 10.1 Å². The van der Waals surface area contributed by atoms with Gasteiger partial charge in [-0.2, -0.15) is 0 Å². The summed E-state index contributed by atoms with van der Waals surface area (Å²) in [5, 5.41) is 21.2. The third-order valence-electron chi connectivity index (χ3n) is 3.98. The number of nitro groups is 1. The minimum absolute atomic E-state index is 0.171. The summed E-state index contributed by atoms with van der Waals surface area (Å²) in [7, 11) is 0. The maximum Gasteiger partial charge on any atom is 0.231 e. The molecule has 0 radical (unpaired) electrons. The molecule has 1 heterocycles. The Morgan fingerprint density at radius 2 is 2.19 bits per heavy atom. The van der Waals surface area contributed by atoms with Crippen LogP contribution >= 0.6 is 0 Å². The first-order chi connectivity index (χ1) is 10.1. The van der Waals surface area contributed by atoms with E-state index < -0.39 is 12.0 Å². The van der Waals surface area contributed by atoms with Crippen molar-refractivity contribution in [2.24, 2.45) is 0 Å². The molecule has 1 N–H and O–H groups in total. The van der Waals surface area contributed by atoms with Crippen LogP contribution in [0.5, 0.6) is 11.5 Å². The van der Waals surface area contributed by atoms with Gasteiger partial charge >= 0.3 is 0 Å². The number of aliphatic hydroxyl groups excluding tert-OH is 1. The quantitative estimate of drug-likeness (QED) is 0.522. The Labute approximate surface area is 122 Å². The van der Waals surface area contributed by atoms with E-state index in [0.29, 0.717) is 17.9 Å². The number of aliphatic hydroxyl groups is 1. The van der Waals surface area contributed by atoms with E-state index in [4.69, 9.17) is 9.47 Å². The van der Waals surface area contributed by atoms with Gasteiger partial charge in [0.2, 0.25) is 13.3 Å². The molecule has 0 aromatic heterocycles. The molecule has 0 bridgehead atoms. The topological polar surface area (TPSA) is 81.8 Å². The Kier molecular flexibility index (Phi) is 3.79. The van der Waals surface area contributed by atoms with E-state index in [2.05, 4.69) is 0 Å². The lowest BCUT2D eigenvalue weighted by atomic mass is 9.82. The molecule has 0 unspecified atom stereocenters. The van der Waals surface area contributed by atoms with Crippen molar-refractivity contribution in [3.05, 3.63) is 45.5 Å². The van der Waals surface area contributed by atoms with Crippen LogP contribution < -0.4 is 9.47 Å². The number of rotatable bonds is 4. The van der Waals surface area contributed by atoms with Crippen LogP contribution in [0.25, 0.3) is 0 Å². The predicted molar refractivity (Wildman–Crippen MR) is 75.1 cm³/mol. The second kappa shape index (κ2) is 5.73. The number of fused-ring (bicyclic) bond motifs is 1. The van der Waals surface area contributed by atoms with Crippen molar-refractivity contribution >= 4 is 0 Å². The van der Waals surface area contributed by atoms with Gasteiger partial charge in [-0.15, -0.1) is 0 Å². The molecule has 1 aliphatic heterocycles. The lowest BCUT2D eigenvalue weighted by Crippen LogP contribution is -2.24. The normalized spacial score (nSPS) is 21.8. The van der Waals surface area contributed by atoms with Crippen LogP contribution in [0.2, 0.25) is 0 Å². The summed E-state index contributed by atoms with van der Waals surface area (Å²) in [4.78, 5) is 10.7. The Hall–Kier alpha value is -2.08. The average Bonchev–Trinajstić information content (AvgIpc) is 2.93. The maximum absolute atomic E-state index is 11.0. The van der Waals surface area contributed by atoms with Gasteiger partial charge in [0.15, 0.2) is 11.5 Å². The Bertz CT molecular complexity index is 583. The average molecular weight is 291 g/mol. The zero-order valence-corrected chi connectivity index (χ0v) is 11.5. The molecule has 0 spiro atoms. The molecular formula is C15H17NO5. The Morgan fingerprint density at radius 1 is 1.38 bits per heavy atom. The fraction of sp³-hybridized carbons (Fsp3) is 0.467. The van der Waals surface area contributed by atoms with Crippen LogP contribution in [-0.2, 0) is 0 Å². The maximum atomic E-state index is 11.0. The van der Waals surface area contributed by atoms with E-state index in [0.717, 1.165) is 24.0 Å². The smallest absolute Gasteiger partial charge is 0.231 e. The van der Waals surface area contributed by atoms with Crippen LogP contribution in [0.1, 0.15) is 30.7 Å². The summed E-state index contributed by atoms with van der Waals surface area (Å²) in [5.74, 6) is 0.827. The first-order valence-electron chi connectivity index (χ1n) is 7.04. The second-order valence-electron chi connectivity index (χ2n) is 5.33. The second-order valence-corrected chi connectivity index (χ2v) is 5.33. The van der Waals surface area contributed by atoms with Crippen molar-refractivity contribution in [2.45, 2.75) is 31.3 Å². The van der Waals surface area contributed by atoms with Gasteiger partial charge in [0.05, 0.1) is 12.0 Å². The van der Waals surface area contributed by atoms with Gasteiger partial charge < -0.3 is 14.6 Å². The molecule has 6 nitrogen and oxygen atoms in total. The first kappa shape index (κ1) is 13.9. The lowest BCUT2D eigenvalue weighted by molar-refractivity contribution is -0.482. The summed E-state index contributed by atoms with van der Waals surface area (Å²) < 4.78 is 10.6. The number of nitrogens with zero attached hydrogens (tertiary/aromatic N) is 1. The summed E-state index contributed by atoms with van der Waals surface area (Å²) >= 11 is 0. The molecule has 112 valence electrons. The SMILES string of the molecule is O=[N+]([O-])C[C@H](C1=CCCC[C@@H]1O)c1ccc2c(c1)OCO2. The molecule has 0 saturated heterocycles. The van der Waals surface area contributed by atoms with E-state index in [1.165, 1.54) is 0 Å². The predicted octanol–water partition coefficient (Wildman–Crippen LogP) is 2.25. The molecule has 1 aromatic rings. The van der Waals surface area contributed by atoms with Gasteiger partial charge in [0.25, 0.3) is 0 Å². The third kappa shape index (κ3) is 2.85. The highest BCUT2D eigenvalue weighted by Gasteiger charge is 2.29. The molecule has 1 aromatic carbocycles. The highest BCUT2D eigenvalue weighted by Crippen LogP contribution is 2.38. The summed E-state index contributed by atoms with van der Waals surface area (Å²) in [6.45, 7) is -0.0629. The van der Waals surface area contributed by atoms with Crippen molar-refractivity contribution < 1.29 is 19.5 Å².